The van der Waals surface area contributed by atoms with Gasteiger partial charge in [0.2, 0.25) is 0 Å². The molecule has 20 heavy (non-hydrogen) atoms. The Morgan fingerprint density at radius 2 is 1.45 bits per heavy atom. The molecule has 0 saturated carbocycles. The largest absolute Gasteiger partial charge is 0.261 e. The third-order valence-corrected chi connectivity index (χ3v) is 5.11. The lowest BCUT2D eigenvalue weighted by Crippen LogP contribution is -1.95. The summed E-state index contributed by atoms with van der Waals surface area (Å²) < 4.78 is 23.3. The van der Waals surface area contributed by atoms with Crippen LogP contribution in [0.15, 0.2) is 35.2 Å². The molecule has 0 aromatic heterocycles. The normalized spacial score (nSPS) is 11.7. The van der Waals surface area contributed by atoms with Crippen molar-refractivity contribution in [1.82, 2.24) is 0 Å². The average molecular weight is 391 g/mol. The Morgan fingerprint density at radius 1 is 0.800 bits per heavy atom. The van der Waals surface area contributed by atoms with Gasteiger partial charge in [0.1, 0.15) is 0 Å². The predicted octanol–water partition coefficient (Wildman–Crippen LogP) is 5.89. The van der Waals surface area contributed by atoms with Crippen LogP contribution in [0.3, 0.4) is 0 Å². The van der Waals surface area contributed by atoms with Crippen molar-refractivity contribution in [1.29, 1.82) is 0 Å². The molecule has 2 aromatic carbocycles. The minimum atomic E-state index is -4.00. The van der Waals surface area contributed by atoms with Crippen molar-refractivity contribution in [2.75, 3.05) is 0 Å². The lowest BCUT2D eigenvalue weighted by molar-refractivity contribution is 0.610. The Morgan fingerprint density at radius 3 is 2.05 bits per heavy atom. The standard InChI is InChI=1S/C12H5Cl5O2S/c13-6-1-2-8(11(5-6)20(17,18)19)9-3-7(14)4-10(15)12(9)16/h1-5H. The number of halogens is 5. The fraction of sp³-hybridized carbons (Fsp3) is 0. The van der Waals surface area contributed by atoms with E-state index in [1.165, 1.54) is 30.3 Å². The molecule has 2 rings (SSSR count). The minimum absolute atomic E-state index is 0.160. The van der Waals surface area contributed by atoms with Crippen LogP contribution in [0.25, 0.3) is 11.1 Å². The second-order valence-electron chi connectivity index (χ2n) is 3.83. The third kappa shape index (κ3) is 3.35. The second-order valence-corrected chi connectivity index (χ2v) is 8.02. The van der Waals surface area contributed by atoms with E-state index in [2.05, 4.69) is 0 Å². The molecule has 0 N–H and O–H groups in total. The van der Waals surface area contributed by atoms with Crippen LogP contribution < -0.4 is 0 Å². The summed E-state index contributed by atoms with van der Waals surface area (Å²) in [4.78, 5) is -0.160. The van der Waals surface area contributed by atoms with Crippen molar-refractivity contribution in [3.8, 4) is 11.1 Å². The quantitative estimate of drug-likeness (QED) is 0.473. The lowest BCUT2D eigenvalue weighted by atomic mass is 10.1. The molecule has 0 saturated heterocycles. The molecule has 0 amide bonds. The van der Waals surface area contributed by atoms with Crippen molar-refractivity contribution >= 4 is 66.1 Å². The van der Waals surface area contributed by atoms with Crippen molar-refractivity contribution < 1.29 is 8.42 Å². The predicted molar refractivity (Wildman–Crippen MR) is 85.0 cm³/mol. The monoisotopic (exact) mass is 388 g/mol. The van der Waals surface area contributed by atoms with Crippen LogP contribution in [0.4, 0.5) is 0 Å². The highest BCUT2D eigenvalue weighted by Gasteiger charge is 2.20. The van der Waals surface area contributed by atoms with Crippen LogP contribution in [0.1, 0.15) is 0 Å². The molecule has 0 bridgehead atoms. The van der Waals surface area contributed by atoms with Gasteiger partial charge >= 0.3 is 0 Å². The van der Waals surface area contributed by atoms with Gasteiger partial charge in [0.25, 0.3) is 9.05 Å². The first-order valence-electron chi connectivity index (χ1n) is 5.09. The van der Waals surface area contributed by atoms with E-state index in [1.54, 1.807) is 0 Å². The smallest absolute Gasteiger partial charge is 0.207 e. The molecule has 2 aromatic rings. The first kappa shape index (κ1) is 16.2. The summed E-state index contributed by atoms with van der Waals surface area (Å²) in [6.07, 6.45) is 0. The molecule has 0 spiro atoms. The van der Waals surface area contributed by atoms with Crippen molar-refractivity contribution in [3.05, 3.63) is 50.4 Å². The minimum Gasteiger partial charge on any atom is -0.207 e. The van der Waals surface area contributed by atoms with Crippen LogP contribution in [0.5, 0.6) is 0 Å². The molecule has 8 heteroatoms. The van der Waals surface area contributed by atoms with Crippen LogP contribution in [-0.2, 0) is 9.05 Å². The lowest BCUT2D eigenvalue weighted by Gasteiger charge is -2.11. The molecule has 0 atom stereocenters. The Labute approximate surface area is 140 Å². The number of hydrogen-bond donors (Lipinski definition) is 0. The van der Waals surface area contributed by atoms with Gasteiger partial charge in [0.15, 0.2) is 0 Å². The Balaban J connectivity index is 2.84. The zero-order valence-electron chi connectivity index (χ0n) is 9.50. The average Bonchev–Trinajstić information content (AvgIpc) is 2.33. The van der Waals surface area contributed by atoms with Crippen molar-refractivity contribution in [2.45, 2.75) is 4.90 Å². The summed E-state index contributed by atoms with van der Waals surface area (Å²) in [7, 11) is 1.42. The fourth-order valence-electron chi connectivity index (χ4n) is 1.67. The fourth-order valence-corrected chi connectivity index (χ4v) is 3.70. The van der Waals surface area contributed by atoms with Crippen LogP contribution in [-0.4, -0.2) is 8.42 Å². The molecular formula is C12H5Cl5O2S. The number of rotatable bonds is 2. The highest BCUT2D eigenvalue weighted by atomic mass is 35.7. The molecule has 2 nitrogen and oxygen atoms in total. The summed E-state index contributed by atoms with van der Waals surface area (Å²) in [6.45, 7) is 0. The number of hydrogen-bond acceptors (Lipinski definition) is 2. The van der Waals surface area contributed by atoms with E-state index >= 15 is 0 Å². The summed E-state index contributed by atoms with van der Waals surface area (Å²) in [5.41, 5.74) is 0.638. The van der Waals surface area contributed by atoms with Gasteiger partial charge in [0, 0.05) is 31.9 Å². The highest BCUT2D eigenvalue weighted by molar-refractivity contribution is 8.13. The van der Waals surface area contributed by atoms with Crippen molar-refractivity contribution in [3.63, 3.8) is 0 Å². The van der Waals surface area contributed by atoms with E-state index < -0.39 is 9.05 Å². The van der Waals surface area contributed by atoms with E-state index in [1.807, 2.05) is 0 Å². The molecule has 0 aliphatic rings. The maximum Gasteiger partial charge on any atom is 0.261 e. The zero-order chi connectivity index (χ0) is 15.1. The van der Waals surface area contributed by atoms with Crippen molar-refractivity contribution in [2.24, 2.45) is 0 Å². The van der Waals surface area contributed by atoms with E-state index in [0.29, 0.717) is 10.6 Å². The van der Waals surface area contributed by atoms with Gasteiger partial charge in [-0.25, -0.2) is 8.42 Å². The Hall–Kier alpha value is -0.160. The highest BCUT2D eigenvalue weighted by Crippen LogP contribution is 2.40. The summed E-state index contributed by atoms with van der Waals surface area (Å²) >= 11 is 23.8. The molecule has 0 unspecified atom stereocenters. The maximum atomic E-state index is 11.7. The van der Waals surface area contributed by atoms with Gasteiger partial charge in [-0.05, 0) is 24.3 Å². The molecule has 0 radical (unpaired) electrons. The van der Waals surface area contributed by atoms with E-state index in [4.69, 9.17) is 57.1 Å². The Bertz CT molecular complexity index is 787. The first-order valence-corrected chi connectivity index (χ1v) is 8.91. The van der Waals surface area contributed by atoms with Crippen LogP contribution >= 0.6 is 57.1 Å². The van der Waals surface area contributed by atoms with Gasteiger partial charge in [-0.3, -0.25) is 0 Å². The number of benzene rings is 2. The van der Waals surface area contributed by atoms with E-state index in [-0.39, 0.29) is 25.5 Å². The SMILES string of the molecule is O=S(=O)(Cl)c1cc(Cl)ccc1-c1cc(Cl)cc(Cl)c1Cl. The van der Waals surface area contributed by atoms with Gasteiger partial charge in [-0.1, -0.05) is 52.5 Å². The third-order valence-electron chi connectivity index (χ3n) is 2.49. The molecule has 0 aliphatic carbocycles. The van der Waals surface area contributed by atoms with Crippen LogP contribution in [0, 0.1) is 0 Å². The summed E-state index contributed by atoms with van der Waals surface area (Å²) in [6, 6.07) is 7.22. The van der Waals surface area contributed by atoms with Gasteiger partial charge in [-0.2, -0.15) is 0 Å². The summed E-state index contributed by atoms with van der Waals surface area (Å²) in [5.74, 6) is 0. The molecule has 0 fully saturated rings. The van der Waals surface area contributed by atoms with Gasteiger partial charge in [-0.15, -0.1) is 0 Å². The van der Waals surface area contributed by atoms with Crippen LogP contribution in [0.2, 0.25) is 20.1 Å². The first-order chi connectivity index (χ1) is 9.20. The Kier molecular flexibility index (Phi) is 4.80. The zero-order valence-corrected chi connectivity index (χ0v) is 14.1. The molecule has 0 aliphatic heterocycles. The van der Waals surface area contributed by atoms with E-state index in [9.17, 15) is 8.42 Å². The second kappa shape index (κ2) is 5.91. The molecule has 0 heterocycles. The molecular weight excluding hydrogens is 385 g/mol. The van der Waals surface area contributed by atoms with Gasteiger partial charge < -0.3 is 0 Å². The maximum absolute atomic E-state index is 11.7. The van der Waals surface area contributed by atoms with E-state index in [0.717, 1.165) is 0 Å². The van der Waals surface area contributed by atoms with Gasteiger partial charge in [0.05, 0.1) is 14.9 Å². The summed E-state index contributed by atoms with van der Waals surface area (Å²) in [5, 5.41) is 0.946. The molecule has 106 valence electrons. The topological polar surface area (TPSA) is 34.1 Å².